The Morgan fingerprint density at radius 1 is 1.15 bits per heavy atom. The molecule has 3 rings (SSSR count). The van der Waals surface area contributed by atoms with Gasteiger partial charge in [0.05, 0.1) is 17.6 Å². The van der Waals surface area contributed by atoms with Crippen molar-refractivity contribution in [2.75, 3.05) is 26.7 Å². The van der Waals surface area contributed by atoms with Gasteiger partial charge in [0.2, 0.25) is 0 Å². The highest BCUT2D eigenvalue weighted by Crippen LogP contribution is 2.19. The zero-order valence-electron chi connectivity index (χ0n) is 17.0. The molecule has 0 radical (unpaired) electrons. The molecule has 0 aliphatic carbocycles. The summed E-state index contributed by atoms with van der Waals surface area (Å²) in [5.41, 5.74) is 2.30. The molecule has 7 heteroatoms. The number of fused-ring (bicyclic) bond motifs is 1. The van der Waals surface area contributed by atoms with Crippen LogP contribution in [0.3, 0.4) is 0 Å². The van der Waals surface area contributed by atoms with Gasteiger partial charge < -0.3 is 15.2 Å². The van der Waals surface area contributed by atoms with Gasteiger partial charge in [0, 0.05) is 26.2 Å². The maximum atomic E-state index is 4.71. The highest BCUT2D eigenvalue weighted by Gasteiger charge is 2.27. The summed E-state index contributed by atoms with van der Waals surface area (Å²) in [5.74, 6) is 1.83. The number of aliphatic imine (C=N–C) groups is 1. The molecule has 27 heavy (non-hydrogen) atoms. The van der Waals surface area contributed by atoms with E-state index in [0.29, 0.717) is 6.54 Å². The molecule has 1 aliphatic heterocycles. The second kappa shape index (κ2) is 9.73. The second-order valence-corrected chi connectivity index (χ2v) is 7.72. The number of hydrogen-bond acceptors (Lipinski definition) is 3. The number of guanidine groups is 1. The molecule has 0 bridgehead atoms. The van der Waals surface area contributed by atoms with Crippen LogP contribution in [0.2, 0.25) is 0 Å². The maximum Gasteiger partial charge on any atom is 0.191 e. The van der Waals surface area contributed by atoms with E-state index in [1.807, 2.05) is 25.2 Å². The van der Waals surface area contributed by atoms with Crippen LogP contribution < -0.4 is 10.6 Å². The minimum atomic E-state index is 0. The second-order valence-electron chi connectivity index (χ2n) is 7.72. The number of piperidine rings is 1. The van der Waals surface area contributed by atoms with Crippen LogP contribution in [0.4, 0.5) is 0 Å². The molecule has 2 heterocycles. The minimum absolute atomic E-state index is 0. The van der Waals surface area contributed by atoms with E-state index in [-0.39, 0.29) is 29.5 Å². The van der Waals surface area contributed by atoms with Crippen molar-refractivity contribution in [3.63, 3.8) is 0 Å². The third-order valence-corrected chi connectivity index (χ3v) is 5.42. The van der Waals surface area contributed by atoms with Gasteiger partial charge in [-0.05, 0) is 51.9 Å². The number of benzene rings is 1. The first-order chi connectivity index (χ1) is 12.5. The topological polar surface area (TPSA) is 57.5 Å². The van der Waals surface area contributed by atoms with Crippen molar-refractivity contribution in [1.82, 2.24) is 25.1 Å². The van der Waals surface area contributed by atoms with E-state index in [2.05, 4.69) is 52.1 Å². The lowest BCUT2D eigenvalue weighted by atomic mass is 9.98. The van der Waals surface area contributed by atoms with E-state index in [0.717, 1.165) is 29.4 Å². The molecule has 1 aromatic heterocycles. The van der Waals surface area contributed by atoms with Crippen molar-refractivity contribution < 1.29 is 0 Å². The lowest BCUT2D eigenvalue weighted by Crippen LogP contribution is -2.54. The van der Waals surface area contributed by atoms with Crippen LogP contribution in [0, 0.1) is 0 Å². The number of rotatable bonds is 5. The number of likely N-dealkylation sites (tertiary alicyclic amines) is 1. The Bertz CT molecular complexity index is 761. The number of para-hydroxylation sites is 2. The summed E-state index contributed by atoms with van der Waals surface area (Å²) >= 11 is 0. The van der Waals surface area contributed by atoms with Crippen molar-refractivity contribution in [1.29, 1.82) is 0 Å². The van der Waals surface area contributed by atoms with Gasteiger partial charge in [-0.3, -0.25) is 9.89 Å². The van der Waals surface area contributed by atoms with Crippen molar-refractivity contribution in [2.45, 2.75) is 45.2 Å². The van der Waals surface area contributed by atoms with E-state index in [9.17, 15) is 0 Å². The fourth-order valence-electron chi connectivity index (χ4n) is 3.65. The molecule has 2 N–H and O–H groups in total. The highest BCUT2D eigenvalue weighted by atomic mass is 127. The Labute approximate surface area is 179 Å². The molecule has 1 aromatic carbocycles. The van der Waals surface area contributed by atoms with Crippen LogP contribution in [0.1, 0.15) is 38.9 Å². The van der Waals surface area contributed by atoms with Gasteiger partial charge in [-0.25, -0.2) is 4.98 Å². The van der Waals surface area contributed by atoms with Gasteiger partial charge in [0.1, 0.15) is 5.82 Å². The number of aryl methyl sites for hydroxylation is 1. The summed E-state index contributed by atoms with van der Waals surface area (Å²) in [6.07, 6.45) is 3.98. The van der Waals surface area contributed by atoms with Crippen LogP contribution in [-0.4, -0.2) is 52.6 Å². The third-order valence-electron chi connectivity index (χ3n) is 5.42. The Hall–Kier alpha value is -1.35. The summed E-state index contributed by atoms with van der Waals surface area (Å²) in [6, 6.07) is 8.22. The number of imidazole rings is 1. The van der Waals surface area contributed by atoms with E-state index in [1.165, 1.54) is 32.4 Å². The highest BCUT2D eigenvalue weighted by molar-refractivity contribution is 14.0. The van der Waals surface area contributed by atoms with E-state index < -0.39 is 0 Å². The smallest absolute Gasteiger partial charge is 0.191 e. The largest absolute Gasteiger partial charge is 0.355 e. The van der Waals surface area contributed by atoms with Crippen LogP contribution in [0.5, 0.6) is 0 Å². The number of halogens is 1. The Morgan fingerprint density at radius 3 is 2.52 bits per heavy atom. The lowest BCUT2D eigenvalue weighted by molar-refractivity contribution is 0.0982. The van der Waals surface area contributed by atoms with Gasteiger partial charge >= 0.3 is 0 Å². The summed E-state index contributed by atoms with van der Waals surface area (Å²) in [5, 5.41) is 6.89. The number of hydrogen-bond donors (Lipinski definition) is 2. The number of nitrogens with one attached hydrogen (secondary N) is 2. The molecule has 0 spiro atoms. The number of aromatic nitrogens is 2. The molecule has 0 atom stereocenters. The fourth-order valence-corrected chi connectivity index (χ4v) is 3.65. The normalized spacial score (nSPS) is 16.2. The summed E-state index contributed by atoms with van der Waals surface area (Å²) < 4.78 is 2.13. The summed E-state index contributed by atoms with van der Waals surface area (Å²) in [7, 11) is 3.88. The number of nitrogens with zero attached hydrogens (tertiary/aromatic N) is 4. The molecule has 1 saturated heterocycles. The van der Waals surface area contributed by atoms with Gasteiger partial charge in [0.25, 0.3) is 0 Å². The molecule has 0 unspecified atom stereocenters. The van der Waals surface area contributed by atoms with E-state index in [4.69, 9.17) is 4.98 Å². The van der Waals surface area contributed by atoms with E-state index in [1.54, 1.807) is 0 Å². The van der Waals surface area contributed by atoms with Gasteiger partial charge in [-0.2, -0.15) is 0 Å². The average Bonchev–Trinajstić information content (AvgIpc) is 2.99. The third kappa shape index (κ3) is 5.34. The van der Waals surface area contributed by atoms with Crippen LogP contribution in [0.15, 0.2) is 29.3 Å². The van der Waals surface area contributed by atoms with Gasteiger partial charge in [-0.15, -0.1) is 24.0 Å². The Balaban J connectivity index is 0.00000261. The SMILES string of the molecule is CN=C(NCc1nc2ccccc2n1C)NCC(C)(C)N1CCCCC1.I. The lowest BCUT2D eigenvalue weighted by Gasteiger charge is -2.41. The maximum absolute atomic E-state index is 4.71. The summed E-state index contributed by atoms with van der Waals surface area (Å²) in [6.45, 7) is 8.53. The molecule has 1 fully saturated rings. The van der Waals surface area contributed by atoms with Crippen LogP contribution >= 0.6 is 24.0 Å². The van der Waals surface area contributed by atoms with Crippen LogP contribution in [0.25, 0.3) is 11.0 Å². The molecular formula is C20H33IN6. The van der Waals surface area contributed by atoms with Crippen molar-refractivity contribution >= 4 is 41.0 Å². The Kier molecular flexibility index (Phi) is 7.91. The first-order valence-electron chi connectivity index (χ1n) is 9.61. The Morgan fingerprint density at radius 2 is 1.85 bits per heavy atom. The molecule has 0 saturated carbocycles. The first kappa shape index (κ1) is 21.9. The predicted molar refractivity (Wildman–Crippen MR) is 124 cm³/mol. The molecule has 2 aromatic rings. The first-order valence-corrected chi connectivity index (χ1v) is 9.61. The monoisotopic (exact) mass is 484 g/mol. The minimum Gasteiger partial charge on any atom is -0.355 e. The molecule has 1 aliphatic rings. The molecule has 6 nitrogen and oxygen atoms in total. The molecule has 0 amide bonds. The van der Waals surface area contributed by atoms with Crippen molar-refractivity contribution in [3.8, 4) is 0 Å². The zero-order chi connectivity index (χ0) is 18.6. The quantitative estimate of drug-likeness (QED) is 0.389. The average molecular weight is 484 g/mol. The van der Waals surface area contributed by atoms with Crippen molar-refractivity contribution in [3.05, 3.63) is 30.1 Å². The molecule has 150 valence electrons. The fraction of sp³-hybridized carbons (Fsp3) is 0.600. The standard InChI is InChI=1S/C20H32N6.HI/c1-20(2,26-12-8-5-9-13-26)15-23-19(21-3)22-14-18-24-16-10-6-7-11-17(16)25(18)4;/h6-7,10-11H,5,8-9,12-15H2,1-4H3,(H2,21,22,23);1H. The van der Waals surface area contributed by atoms with Gasteiger partial charge in [-0.1, -0.05) is 18.6 Å². The zero-order valence-corrected chi connectivity index (χ0v) is 19.3. The van der Waals surface area contributed by atoms with Gasteiger partial charge in [0.15, 0.2) is 5.96 Å². The summed E-state index contributed by atoms with van der Waals surface area (Å²) in [4.78, 5) is 11.7. The van der Waals surface area contributed by atoms with Crippen molar-refractivity contribution in [2.24, 2.45) is 12.0 Å². The predicted octanol–water partition coefficient (Wildman–Crippen LogP) is 3.12. The van der Waals surface area contributed by atoms with Crippen LogP contribution in [-0.2, 0) is 13.6 Å². The molecular weight excluding hydrogens is 451 g/mol. The van der Waals surface area contributed by atoms with E-state index >= 15 is 0 Å².